The van der Waals surface area contributed by atoms with Crippen molar-refractivity contribution in [2.24, 2.45) is 0 Å². The summed E-state index contributed by atoms with van der Waals surface area (Å²) in [6.45, 7) is 4.20. The molecule has 0 aliphatic carbocycles. The SMILES string of the molecule is COc1cc(Nc2ncc(OCc3c(F)c(OC)cc(OC)c3F)cn2)ccc1C1CC2CCC(C1)N2C(C)C. The van der Waals surface area contributed by atoms with Crippen LogP contribution < -0.4 is 24.3 Å². The largest absolute Gasteiger partial charge is 0.496 e. The van der Waals surface area contributed by atoms with E-state index in [2.05, 4.69) is 40.1 Å². The molecule has 2 bridgehead atoms. The van der Waals surface area contributed by atoms with Crippen molar-refractivity contribution >= 4 is 11.6 Å². The Labute approximate surface area is 233 Å². The van der Waals surface area contributed by atoms with Gasteiger partial charge in [0.1, 0.15) is 12.4 Å². The summed E-state index contributed by atoms with van der Waals surface area (Å²) >= 11 is 0. The van der Waals surface area contributed by atoms with Crippen molar-refractivity contribution in [3.63, 3.8) is 0 Å². The molecular formula is C30H36F2N4O4. The van der Waals surface area contributed by atoms with Gasteiger partial charge in [-0.3, -0.25) is 4.90 Å². The van der Waals surface area contributed by atoms with Crippen molar-refractivity contribution in [2.75, 3.05) is 26.6 Å². The topological polar surface area (TPSA) is 78.0 Å². The predicted molar refractivity (Wildman–Crippen MR) is 148 cm³/mol. The third-order valence-electron chi connectivity index (χ3n) is 7.99. The van der Waals surface area contributed by atoms with E-state index in [-0.39, 0.29) is 22.8 Å². The van der Waals surface area contributed by atoms with Crippen molar-refractivity contribution in [3.8, 4) is 23.0 Å². The summed E-state index contributed by atoms with van der Waals surface area (Å²) in [7, 11) is 4.29. The number of rotatable bonds is 10. The van der Waals surface area contributed by atoms with Crippen LogP contribution in [-0.2, 0) is 6.61 Å². The number of nitrogens with zero attached hydrogens (tertiary/aromatic N) is 3. The molecular weight excluding hydrogens is 518 g/mol. The second kappa shape index (κ2) is 11.8. The summed E-state index contributed by atoms with van der Waals surface area (Å²) < 4.78 is 50.5. The molecule has 3 aromatic rings. The van der Waals surface area contributed by atoms with E-state index in [1.165, 1.54) is 45.0 Å². The minimum absolute atomic E-state index is 0.137. The molecule has 40 heavy (non-hydrogen) atoms. The zero-order valence-corrected chi connectivity index (χ0v) is 23.5. The van der Waals surface area contributed by atoms with E-state index in [1.54, 1.807) is 7.11 Å². The molecule has 10 heteroatoms. The van der Waals surface area contributed by atoms with Gasteiger partial charge in [-0.1, -0.05) is 6.07 Å². The van der Waals surface area contributed by atoms with Crippen molar-refractivity contribution in [3.05, 3.63) is 59.4 Å². The molecule has 2 atom stereocenters. The third kappa shape index (κ3) is 5.50. The van der Waals surface area contributed by atoms with Crippen molar-refractivity contribution in [2.45, 2.75) is 70.2 Å². The summed E-state index contributed by atoms with van der Waals surface area (Å²) in [4.78, 5) is 11.3. The quantitative estimate of drug-likeness (QED) is 0.316. The van der Waals surface area contributed by atoms with Gasteiger partial charge < -0.3 is 24.3 Å². The fourth-order valence-electron chi connectivity index (χ4n) is 6.24. The van der Waals surface area contributed by atoms with Gasteiger partial charge in [-0.15, -0.1) is 0 Å². The van der Waals surface area contributed by atoms with Crippen LogP contribution in [0.25, 0.3) is 0 Å². The highest BCUT2D eigenvalue weighted by Crippen LogP contribution is 2.46. The lowest BCUT2D eigenvalue weighted by Crippen LogP contribution is -2.46. The number of anilines is 2. The number of piperidine rings is 1. The van der Waals surface area contributed by atoms with E-state index in [9.17, 15) is 8.78 Å². The second-order valence-corrected chi connectivity index (χ2v) is 10.6. The Hall–Kier alpha value is -3.66. The summed E-state index contributed by atoms with van der Waals surface area (Å²) in [5, 5.41) is 3.19. The number of hydrogen-bond donors (Lipinski definition) is 1. The molecule has 2 saturated heterocycles. The number of aromatic nitrogens is 2. The maximum absolute atomic E-state index is 14.6. The first-order chi connectivity index (χ1) is 19.3. The lowest BCUT2D eigenvalue weighted by molar-refractivity contribution is 0.0920. The predicted octanol–water partition coefficient (Wildman–Crippen LogP) is 6.22. The maximum atomic E-state index is 14.6. The van der Waals surface area contributed by atoms with Gasteiger partial charge in [-0.05, 0) is 57.1 Å². The first-order valence-corrected chi connectivity index (χ1v) is 13.6. The Morgan fingerprint density at radius 2 is 1.50 bits per heavy atom. The van der Waals surface area contributed by atoms with E-state index >= 15 is 0 Å². The molecule has 0 spiro atoms. The monoisotopic (exact) mass is 554 g/mol. The molecule has 1 N–H and O–H groups in total. The first kappa shape index (κ1) is 27.9. The smallest absolute Gasteiger partial charge is 0.227 e. The molecule has 0 amide bonds. The van der Waals surface area contributed by atoms with Crippen LogP contribution >= 0.6 is 0 Å². The highest BCUT2D eigenvalue weighted by molar-refractivity contribution is 5.58. The number of nitrogens with one attached hydrogen (secondary N) is 1. The number of ether oxygens (including phenoxy) is 4. The molecule has 2 aromatic carbocycles. The van der Waals surface area contributed by atoms with Crippen LogP contribution in [0.4, 0.5) is 20.4 Å². The molecule has 1 aromatic heterocycles. The van der Waals surface area contributed by atoms with Crippen LogP contribution in [0.2, 0.25) is 0 Å². The van der Waals surface area contributed by atoms with Crippen LogP contribution in [0.15, 0.2) is 36.7 Å². The van der Waals surface area contributed by atoms with Crippen LogP contribution in [0, 0.1) is 11.6 Å². The van der Waals surface area contributed by atoms with E-state index in [0.717, 1.165) is 30.3 Å². The van der Waals surface area contributed by atoms with Gasteiger partial charge in [0.15, 0.2) is 28.9 Å². The zero-order valence-electron chi connectivity index (χ0n) is 23.5. The summed E-state index contributed by atoms with van der Waals surface area (Å²) in [6.07, 6.45) is 7.72. The molecule has 5 rings (SSSR count). The van der Waals surface area contributed by atoms with Crippen molar-refractivity contribution < 1.29 is 27.7 Å². The van der Waals surface area contributed by atoms with Crippen LogP contribution in [0.3, 0.4) is 0 Å². The second-order valence-electron chi connectivity index (χ2n) is 10.6. The summed E-state index contributed by atoms with van der Waals surface area (Å²) in [5.74, 6) is -0.0446. The van der Waals surface area contributed by atoms with Crippen LogP contribution in [0.1, 0.15) is 56.6 Å². The van der Waals surface area contributed by atoms with Crippen molar-refractivity contribution in [1.29, 1.82) is 0 Å². The molecule has 2 fully saturated rings. The van der Waals surface area contributed by atoms with Gasteiger partial charge in [-0.2, -0.15) is 0 Å². The minimum Gasteiger partial charge on any atom is -0.496 e. The lowest BCUT2D eigenvalue weighted by Gasteiger charge is -2.42. The van der Waals surface area contributed by atoms with Gasteiger partial charge in [0, 0.05) is 35.9 Å². The molecule has 0 radical (unpaired) electrons. The molecule has 2 unspecified atom stereocenters. The Balaban J connectivity index is 1.24. The van der Waals surface area contributed by atoms with Crippen LogP contribution in [0.5, 0.6) is 23.0 Å². The fraction of sp³-hybridized carbons (Fsp3) is 0.467. The Morgan fingerprint density at radius 3 is 2.05 bits per heavy atom. The lowest BCUT2D eigenvalue weighted by atomic mass is 9.84. The highest BCUT2D eigenvalue weighted by Gasteiger charge is 2.42. The van der Waals surface area contributed by atoms with Gasteiger partial charge in [-0.25, -0.2) is 18.7 Å². The summed E-state index contributed by atoms with van der Waals surface area (Å²) in [5.41, 5.74) is 1.73. The Bertz CT molecular complexity index is 1300. The zero-order chi connectivity index (χ0) is 28.4. The van der Waals surface area contributed by atoms with Gasteiger partial charge in [0.2, 0.25) is 5.95 Å². The Morgan fingerprint density at radius 1 is 0.900 bits per heavy atom. The average Bonchev–Trinajstić information content (AvgIpc) is 3.24. The third-order valence-corrected chi connectivity index (χ3v) is 7.99. The molecule has 2 aliphatic rings. The fourth-order valence-corrected chi connectivity index (χ4v) is 6.24. The molecule has 2 aliphatic heterocycles. The number of hydrogen-bond acceptors (Lipinski definition) is 8. The average molecular weight is 555 g/mol. The minimum atomic E-state index is -0.851. The van der Waals surface area contributed by atoms with Gasteiger partial charge in [0.05, 0.1) is 39.3 Å². The van der Waals surface area contributed by atoms with E-state index in [4.69, 9.17) is 18.9 Å². The van der Waals surface area contributed by atoms with E-state index in [1.807, 2.05) is 12.1 Å². The first-order valence-electron chi connectivity index (χ1n) is 13.6. The maximum Gasteiger partial charge on any atom is 0.227 e. The highest BCUT2D eigenvalue weighted by atomic mass is 19.1. The van der Waals surface area contributed by atoms with Gasteiger partial charge >= 0.3 is 0 Å². The number of fused-ring (bicyclic) bond motifs is 2. The number of halogens is 2. The normalized spacial score (nSPS) is 20.4. The van der Waals surface area contributed by atoms with Crippen LogP contribution in [-0.4, -0.2) is 54.3 Å². The molecule has 214 valence electrons. The number of methoxy groups -OCH3 is 3. The molecule has 3 heterocycles. The van der Waals surface area contributed by atoms with E-state index < -0.39 is 18.2 Å². The molecule has 8 nitrogen and oxygen atoms in total. The standard InChI is InChI=1S/C30H36F2N4O4/c1-17(2)36-20-7-8-21(36)11-18(10-20)23-9-6-19(12-25(23)37-3)35-30-33-14-22(15-34-30)40-16-24-28(31)26(38-4)13-27(39-5)29(24)32/h6,9,12-15,17-18,20-21H,7-8,10-11,16H2,1-5H3,(H,33,34,35). The molecule has 0 saturated carbocycles. The Kier molecular flexibility index (Phi) is 8.25. The van der Waals surface area contributed by atoms with E-state index in [0.29, 0.717) is 30.0 Å². The summed E-state index contributed by atoms with van der Waals surface area (Å²) in [6, 6.07) is 9.14. The van der Waals surface area contributed by atoms with Gasteiger partial charge in [0.25, 0.3) is 0 Å². The van der Waals surface area contributed by atoms with Crippen molar-refractivity contribution in [1.82, 2.24) is 14.9 Å². The number of benzene rings is 2.